The average Bonchev–Trinajstić information content (AvgIpc) is 2.59. The van der Waals surface area contributed by atoms with E-state index in [1.54, 1.807) is 46.6 Å². The molecule has 136 valence electrons. The lowest BCUT2D eigenvalue weighted by Gasteiger charge is -2.24. The first-order chi connectivity index (χ1) is 11.8. The molecule has 0 saturated carbocycles. The molecule has 5 nitrogen and oxygen atoms in total. The number of phenolic OH excluding ortho intramolecular Hbond substituents is 1. The minimum Gasteiger partial charge on any atom is -0.507 e. The predicted molar refractivity (Wildman–Crippen MR) is 98.5 cm³/mol. The number of hydrogen-bond donors (Lipinski definition) is 1. The molecule has 5 heteroatoms. The molecule has 0 spiro atoms. The van der Waals surface area contributed by atoms with Gasteiger partial charge >= 0.3 is 0 Å². The number of rotatable bonds is 5. The Bertz CT molecular complexity index is 760. The van der Waals surface area contributed by atoms with Crippen molar-refractivity contribution in [2.24, 2.45) is 0 Å². The van der Waals surface area contributed by atoms with E-state index in [1.165, 1.54) is 0 Å². The zero-order valence-electron chi connectivity index (χ0n) is 15.9. The summed E-state index contributed by atoms with van der Waals surface area (Å²) in [5.74, 6) is 2.54. The third-order valence-corrected chi connectivity index (χ3v) is 4.12. The first-order valence-corrected chi connectivity index (χ1v) is 7.98. The maximum Gasteiger partial charge on any atom is 0.164 e. The van der Waals surface area contributed by atoms with Gasteiger partial charge in [0.2, 0.25) is 0 Å². The number of aromatic hydroxyl groups is 1. The Labute approximate surface area is 149 Å². The van der Waals surface area contributed by atoms with Gasteiger partial charge in [0.15, 0.2) is 11.5 Å². The molecule has 0 saturated heterocycles. The molecule has 0 amide bonds. The summed E-state index contributed by atoms with van der Waals surface area (Å²) in [6, 6.07) is 7.17. The lowest BCUT2D eigenvalue weighted by atomic mass is 9.84. The minimum absolute atomic E-state index is 0.193. The van der Waals surface area contributed by atoms with Gasteiger partial charge in [0.05, 0.1) is 28.4 Å². The second-order valence-corrected chi connectivity index (χ2v) is 6.73. The van der Waals surface area contributed by atoms with Crippen molar-refractivity contribution in [1.29, 1.82) is 0 Å². The van der Waals surface area contributed by atoms with Crippen LogP contribution in [0.5, 0.6) is 28.7 Å². The van der Waals surface area contributed by atoms with E-state index in [2.05, 4.69) is 0 Å². The van der Waals surface area contributed by atoms with Crippen molar-refractivity contribution in [2.75, 3.05) is 28.4 Å². The monoisotopic (exact) mass is 346 g/mol. The van der Waals surface area contributed by atoms with Crippen molar-refractivity contribution in [1.82, 2.24) is 0 Å². The Kier molecular flexibility index (Phi) is 5.36. The van der Waals surface area contributed by atoms with Crippen LogP contribution in [0.4, 0.5) is 0 Å². The molecule has 1 N–H and O–H groups in total. The highest BCUT2D eigenvalue weighted by molar-refractivity contribution is 5.81. The molecule has 0 aliphatic rings. The number of phenols is 1. The molecule has 0 aromatic heterocycles. The molecule has 2 aromatic rings. The summed E-state index contributed by atoms with van der Waals surface area (Å²) >= 11 is 0. The Hall–Kier alpha value is -2.56. The van der Waals surface area contributed by atoms with Crippen molar-refractivity contribution in [3.8, 4) is 39.9 Å². The van der Waals surface area contributed by atoms with E-state index < -0.39 is 0 Å². The number of methoxy groups -OCH3 is 4. The van der Waals surface area contributed by atoms with E-state index in [-0.39, 0.29) is 11.2 Å². The van der Waals surface area contributed by atoms with Crippen LogP contribution in [0.25, 0.3) is 11.1 Å². The highest BCUT2D eigenvalue weighted by Crippen LogP contribution is 2.47. The lowest BCUT2D eigenvalue weighted by molar-refractivity contribution is 0.349. The molecule has 0 aliphatic heterocycles. The van der Waals surface area contributed by atoms with Crippen LogP contribution in [0, 0.1) is 0 Å². The predicted octanol–water partition coefficient (Wildman–Crippen LogP) is 4.39. The summed E-state index contributed by atoms with van der Waals surface area (Å²) in [6.45, 7) is 6.12. The van der Waals surface area contributed by atoms with E-state index in [4.69, 9.17) is 18.9 Å². The summed E-state index contributed by atoms with van der Waals surface area (Å²) in [7, 11) is 6.32. The van der Waals surface area contributed by atoms with Crippen molar-refractivity contribution in [3.63, 3.8) is 0 Å². The second kappa shape index (κ2) is 7.13. The van der Waals surface area contributed by atoms with Gasteiger partial charge in [-0.15, -0.1) is 0 Å². The fourth-order valence-electron chi connectivity index (χ4n) is 2.74. The molecule has 0 atom stereocenters. The molecule has 0 bridgehead atoms. The van der Waals surface area contributed by atoms with Gasteiger partial charge in [0.25, 0.3) is 0 Å². The van der Waals surface area contributed by atoms with E-state index in [1.807, 2.05) is 26.8 Å². The topological polar surface area (TPSA) is 57.2 Å². The molecular formula is C20H26O5. The average molecular weight is 346 g/mol. The Balaban J connectivity index is 2.81. The zero-order valence-corrected chi connectivity index (χ0v) is 15.9. The minimum atomic E-state index is -0.253. The molecule has 0 aliphatic carbocycles. The van der Waals surface area contributed by atoms with Gasteiger partial charge in [-0.2, -0.15) is 0 Å². The molecule has 2 aromatic carbocycles. The Morgan fingerprint density at radius 2 is 1.24 bits per heavy atom. The van der Waals surface area contributed by atoms with Crippen molar-refractivity contribution < 1.29 is 24.1 Å². The lowest BCUT2D eigenvalue weighted by Crippen LogP contribution is -2.12. The van der Waals surface area contributed by atoms with Gasteiger partial charge in [0.1, 0.15) is 17.2 Å². The summed E-state index contributed by atoms with van der Waals surface area (Å²) in [4.78, 5) is 0. The molecule has 25 heavy (non-hydrogen) atoms. The number of ether oxygens (including phenoxy) is 4. The van der Waals surface area contributed by atoms with E-state index in [9.17, 15) is 5.11 Å². The van der Waals surface area contributed by atoms with Crippen LogP contribution in [0.3, 0.4) is 0 Å². The van der Waals surface area contributed by atoms with Crippen LogP contribution in [-0.2, 0) is 5.41 Å². The van der Waals surface area contributed by atoms with Gasteiger partial charge in [-0.1, -0.05) is 20.8 Å². The number of hydrogen-bond acceptors (Lipinski definition) is 5. The van der Waals surface area contributed by atoms with Crippen LogP contribution >= 0.6 is 0 Å². The van der Waals surface area contributed by atoms with Gasteiger partial charge in [0, 0.05) is 22.8 Å². The SMILES string of the molecule is COc1cc(-c2cc(OC)c(OC)cc2OC)c(O)c(C(C)(C)C)c1. The van der Waals surface area contributed by atoms with Crippen molar-refractivity contribution in [2.45, 2.75) is 26.2 Å². The van der Waals surface area contributed by atoms with Gasteiger partial charge in [-0.05, 0) is 23.6 Å². The van der Waals surface area contributed by atoms with Crippen LogP contribution < -0.4 is 18.9 Å². The third kappa shape index (κ3) is 3.60. The van der Waals surface area contributed by atoms with Crippen LogP contribution in [-0.4, -0.2) is 33.5 Å². The first-order valence-electron chi connectivity index (χ1n) is 7.98. The van der Waals surface area contributed by atoms with Crippen LogP contribution in [0.1, 0.15) is 26.3 Å². The Morgan fingerprint density at radius 3 is 1.72 bits per heavy atom. The van der Waals surface area contributed by atoms with Gasteiger partial charge in [-0.3, -0.25) is 0 Å². The summed E-state index contributed by atoms with van der Waals surface area (Å²) < 4.78 is 21.7. The third-order valence-electron chi connectivity index (χ3n) is 4.12. The summed E-state index contributed by atoms with van der Waals surface area (Å²) in [5, 5.41) is 10.9. The van der Waals surface area contributed by atoms with E-state index in [0.717, 1.165) is 5.56 Å². The van der Waals surface area contributed by atoms with Crippen LogP contribution in [0.15, 0.2) is 24.3 Å². The highest BCUT2D eigenvalue weighted by atomic mass is 16.5. The molecule has 0 heterocycles. The smallest absolute Gasteiger partial charge is 0.164 e. The maximum atomic E-state index is 10.9. The second-order valence-electron chi connectivity index (χ2n) is 6.73. The highest BCUT2D eigenvalue weighted by Gasteiger charge is 2.24. The van der Waals surface area contributed by atoms with Crippen LogP contribution in [0.2, 0.25) is 0 Å². The molecule has 0 radical (unpaired) electrons. The van der Waals surface area contributed by atoms with Crippen molar-refractivity contribution >= 4 is 0 Å². The zero-order chi connectivity index (χ0) is 18.8. The fraction of sp³-hybridized carbons (Fsp3) is 0.400. The molecule has 0 fully saturated rings. The summed E-state index contributed by atoms with van der Waals surface area (Å²) in [6.07, 6.45) is 0. The largest absolute Gasteiger partial charge is 0.507 e. The van der Waals surface area contributed by atoms with Gasteiger partial charge in [-0.25, -0.2) is 0 Å². The molecule has 2 rings (SSSR count). The van der Waals surface area contributed by atoms with Gasteiger partial charge < -0.3 is 24.1 Å². The van der Waals surface area contributed by atoms with E-state index in [0.29, 0.717) is 34.1 Å². The normalized spacial score (nSPS) is 11.2. The first kappa shape index (κ1) is 18.8. The molecular weight excluding hydrogens is 320 g/mol. The summed E-state index contributed by atoms with van der Waals surface area (Å²) in [5.41, 5.74) is 1.85. The fourth-order valence-corrected chi connectivity index (χ4v) is 2.74. The molecule has 0 unspecified atom stereocenters. The maximum absolute atomic E-state index is 10.9. The Morgan fingerprint density at radius 1 is 0.680 bits per heavy atom. The number of benzene rings is 2. The van der Waals surface area contributed by atoms with E-state index >= 15 is 0 Å². The van der Waals surface area contributed by atoms with Crippen molar-refractivity contribution in [3.05, 3.63) is 29.8 Å². The quantitative estimate of drug-likeness (QED) is 0.870. The standard InChI is InChI=1S/C20H26O5/c1-20(2,3)15-9-12(22-4)8-14(19(15)21)13-10-17(24-6)18(25-7)11-16(13)23-5/h8-11,21H,1-7H3.